The maximum Gasteiger partial charge on any atom is 0.408 e. The number of phenols is 1. The number of alkyl carbamates (subject to hydrolysis) is 1. The maximum absolute atomic E-state index is 12.1. The summed E-state index contributed by atoms with van der Waals surface area (Å²) in [5, 5.41) is 12.3. The number of ether oxygens (including phenoxy) is 3. The topological polar surface area (TPSA) is 111 Å². The summed E-state index contributed by atoms with van der Waals surface area (Å²) in [5.41, 5.74) is -0.800. The maximum atomic E-state index is 12.1. The van der Waals surface area contributed by atoms with Crippen LogP contribution in [0.25, 0.3) is 0 Å². The molecule has 1 amide bonds. The third kappa shape index (κ3) is 7.18. The first-order valence-electron chi connectivity index (χ1n) is 7.84. The molecule has 0 spiro atoms. The molecule has 1 rings (SSSR count). The van der Waals surface area contributed by atoms with Crippen LogP contribution in [0.15, 0.2) is 12.1 Å². The molecule has 8 nitrogen and oxygen atoms in total. The van der Waals surface area contributed by atoms with Gasteiger partial charge in [0.1, 0.15) is 17.1 Å². The minimum absolute atomic E-state index is 0.0210. The van der Waals surface area contributed by atoms with Crippen molar-refractivity contribution in [3.8, 4) is 11.5 Å². The Kier molecular flexibility index (Phi) is 7.70. The Bertz CT molecular complexity index is 682. The van der Waals surface area contributed by atoms with E-state index in [9.17, 15) is 19.5 Å². The summed E-state index contributed by atoms with van der Waals surface area (Å²) in [6.45, 7) is 6.16. The Morgan fingerprint density at radius 2 is 1.88 bits per heavy atom. The van der Waals surface area contributed by atoms with Crippen molar-refractivity contribution < 1.29 is 33.7 Å². The van der Waals surface area contributed by atoms with Gasteiger partial charge in [-0.2, -0.15) is 0 Å². The number of aromatic hydroxyl groups is 1. The zero-order chi connectivity index (χ0) is 19.9. The lowest BCUT2D eigenvalue weighted by atomic mass is 10.1. The second kappa shape index (κ2) is 9.28. The number of carbonyl (C=O) groups is 3. The predicted octanol–water partition coefficient (Wildman–Crippen LogP) is 2.69. The van der Waals surface area contributed by atoms with Gasteiger partial charge in [0.05, 0.1) is 23.7 Å². The van der Waals surface area contributed by atoms with Gasteiger partial charge in [-0.25, -0.2) is 9.59 Å². The lowest BCUT2D eigenvalue weighted by Crippen LogP contribution is -2.35. The first kappa shape index (κ1) is 21.6. The van der Waals surface area contributed by atoms with Crippen LogP contribution in [-0.2, 0) is 14.3 Å². The highest BCUT2D eigenvalue weighted by Gasteiger charge is 2.19. The molecule has 0 atom stereocenters. The largest absolute Gasteiger partial charge is 0.507 e. The molecule has 0 aliphatic carbocycles. The Morgan fingerprint density at radius 1 is 1.23 bits per heavy atom. The van der Waals surface area contributed by atoms with Crippen LogP contribution in [0.5, 0.6) is 11.5 Å². The molecule has 2 N–H and O–H groups in total. The molecule has 0 saturated heterocycles. The van der Waals surface area contributed by atoms with Crippen molar-refractivity contribution in [2.45, 2.75) is 33.3 Å². The van der Waals surface area contributed by atoms with Crippen molar-refractivity contribution in [3.05, 3.63) is 22.7 Å². The number of halogens is 1. The normalized spacial score (nSPS) is 10.8. The number of amides is 1. The number of carbonyl (C=O) groups excluding carboxylic acids is 3. The van der Waals surface area contributed by atoms with Crippen LogP contribution >= 0.6 is 11.6 Å². The number of nitrogens with one attached hydrogen (secondary N) is 1. The van der Waals surface area contributed by atoms with Crippen LogP contribution in [0.4, 0.5) is 4.79 Å². The predicted molar refractivity (Wildman–Crippen MR) is 93.8 cm³/mol. The summed E-state index contributed by atoms with van der Waals surface area (Å²) in [6.07, 6.45) is -0.758. The molecule has 0 aromatic heterocycles. The van der Waals surface area contributed by atoms with E-state index in [-0.39, 0.29) is 36.1 Å². The van der Waals surface area contributed by atoms with Gasteiger partial charge in [0.2, 0.25) is 0 Å². The monoisotopic (exact) mass is 387 g/mol. The van der Waals surface area contributed by atoms with Crippen LogP contribution in [0.2, 0.25) is 5.02 Å². The highest BCUT2D eigenvalue weighted by Crippen LogP contribution is 2.32. The molecule has 0 saturated carbocycles. The number of hydrogen-bond acceptors (Lipinski definition) is 7. The van der Waals surface area contributed by atoms with Crippen LogP contribution in [-0.4, -0.2) is 48.3 Å². The molecule has 1 aromatic carbocycles. The fourth-order valence-electron chi connectivity index (χ4n) is 1.78. The summed E-state index contributed by atoms with van der Waals surface area (Å²) in [7, 11) is 0. The lowest BCUT2D eigenvalue weighted by Gasteiger charge is -2.19. The van der Waals surface area contributed by atoms with Gasteiger partial charge in [-0.05, 0) is 33.8 Å². The minimum Gasteiger partial charge on any atom is -0.507 e. The van der Waals surface area contributed by atoms with Crippen molar-refractivity contribution in [2.75, 3.05) is 19.8 Å². The summed E-state index contributed by atoms with van der Waals surface area (Å²) in [5.74, 6) is -1.55. The fourth-order valence-corrected chi connectivity index (χ4v) is 2.00. The van der Waals surface area contributed by atoms with Gasteiger partial charge in [0.15, 0.2) is 12.4 Å². The summed E-state index contributed by atoms with van der Waals surface area (Å²) in [6, 6.07) is 2.30. The number of benzene rings is 1. The van der Waals surface area contributed by atoms with Crippen molar-refractivity contribution in [3.63, 3.8) is 0 Å². The second-order valence-electron chi connectivity index (χ2n) is 6.17. The standard InChI is InChI=1S/C17H22ClNO7/c1-5-24-15(22)9-25-14-7-12(20)10(6-11(14)18)13(21)8-19-16(23)26-17(2,3)4/h6-7,20H,5,8-9H2,1-4H3,(H,19,23). The summed E-state index contributed by atoms with van der Waals surface area (Å²) < 4.78 is 14.9. The highest BCUT2D eigenvalue weighted by atomic mass is 35.5. The molecule has 9 heteroatoms. The lowest BCUT2D eigenvalue weighted by molar-refractivity contribution is -0.145. The van der Waals surface area contributed by atoms with E-state index in [1.165, 1.54) is 6.07 Å². The molecule has 1 aromatic rings. The van der Waals surface area contributed by atoms with Crippen molar-refractivity contribution in [1.29, 1.82) is 0 Å². The molecule has 0 aliphatic heterocycles. The van der Waals surface area contributed by atoms with E-state index in [1.807, 2.05) is 0 Å². The molecule has 0 radical (unpaired) electrons. The number of ketones is 1. The number of rotatable bonds is 7. The highest BCUT2D eigenvalue weighted by molar-refractivity contribution is 6.32. The van der Waals surface area contributed by atoms with E-state index in [0.717, 1.165) is 6.07 Å². The molecule has 144 valence electrons. The van der Waals surface area contributed by atoms with E-state index in [4.69, 9.17) is 25.8 Å². The molecular formula is C17H22ClNO7. The average molecular weight is 388 g/mol. The first-order valence-corrected chi connectivity index (χ1v) is 8.22. The SMILES string of the molecule is CCOC(=O)COc1cc(O)c(C(=O)CNC(=O)OC(C)(C)C)cc1Cl. The van der Waals surface area contributed by atoms with Crippen LogP contribution < -0.4 is 10.1 Å². The van der Waals surface area contributed by atoms with Gasteiger partial charge in [0.25, 0.3) is 0 Å². The number of hydrogen-bond donors (Lipinski definition) is 2. The van der Waals surface area contributed by atoms with Crippen molar-refractivity contribution in [2.24, 2.45) is 0 Å². The van der Waals surface area contributed by atoms with E-state index >= 15 is 0 Å². The third-order valence-electron chi connectivity index (χ3n) is 2.79. The molecule has 0 unspecified atom stereocenters. The molecule has 0 aliphatic rings. The zero-order valence-electron chi connectivity index (χ0n) is 15.1. The average Bonchev–Trinajstić information content (AvgIpc) is 2.51. The first-order chi connectivity index (χ1) is 12.0. The second-order valence-corrected chi connectivity index (χ2v) is 6.58. The Labute approximate surface area is 156 Å². The van der Waals surface area contributed by atoms with Gasteiger partial charge in [-0.3, -0.25) is 4.79 Å². The quantitative estimate of drug-likeness (QED) is 0.546. The van der Waals surface area contributed by atoms with Gasteiger partial charge in [-0.15, -0.1) is 0 Å². The van der Waals surface area contributed by atoms with E-state index in [1.54, 1.807) is 27.7 Å². The molecule has 26 heavy (non-hydrogen) atoms. The molecular weight excluding hydrogens is 366 g/mol. The molecule has 0 fully saturated rings. The number of esters is 1. The smallest absolute Gasteiger partial charge is 0.408 e. The van der Waals surface area contributed by atoms with Gasteiger partial charge >= 0.3 is 12.1 Å². The Morgan fingerprint density at radius 3 is 2.46 bits per heavy atom. The van der Waals surface area contributed by atoms with Gasteiger partial charge in [0, 0.05) is 6.07 Å². The minimum atomic E-state index is -0.758. The van der Waals surface area contributed by atoms with E-state index in [0.29, 0.717) is 0 Å². The Hall–Kier alpha value is -2.48. The van der Waals surface area contributed by atoms with E-state index in [2.05, 4.69) is 5.32 Å². The van der Waals surface area contributed by atoms with Crippen LogP contribution in [0.1, 0.15) is 38.1 Å². The van der Waals surface area contributed by atoms with Gasteiger partial charge < -0.3 is 24.6 Å². The molecule has 0 heterocycles. The zero-order valence-corrected chi connectivity index (χ0v) is 15.8. The third-order valence-corrected chi connectivity index (χ3v) is 3.09. The fraction of sp³-hybridized carbons (Fsp3) is 0.471. The summed E-state index contributed by atoms with van der Waals surface area (Å²) in [4.78, 5) is 35.0. The van der Waals surface area contributed by atoms with Crippen molar-refractivity contribution >= 4 is 29.4 Å². The van der Waals surface area contributed by atoms with Crippen LogP contribution in [0, 0.1) is 0 Å². The van der Waals surface area contributed by atoms with Crippen molar-refractivity contribution in [1.82, 2.24) is 5.32 Å². The molecule has 0 bridgehead atoms. The Balaban J connectivity index is 2.73. The number of phenolic OH excluding ortho intramolecular Hbond substituents is 1. The summed E-state index contributed by atoms with van der Waals surface area (Å²) >= 11 is 6.00. The van der Waals surface area contributed by atoms with E-state index < -0.39 is 29.2 Å². The van der Waals surface area contributed by atoms with Crippen LogP contribution in [0.3, 0.4) is 0 Å². The van der Waals surface area contributed by atoms with Gasteiger partial charge in [-0.1, -0.05) is 11.6 Å². The number of Topliss-reactive ketones (excluding diaryl/α,β-unsaturated/α-hetero) is 1.